The third-order valence-electron chi connectivity index (χ3n) is 5.31. The van der Waals surface area contributed by atoms with E-state index < -0.39 is 11.9 Å². The summed E-state index contributed by atoms with van der Waals surface area (Å²) in [5.41, 5.74) is 2.08. The molecule has 4 heterocycles. The van der Waals surface area contributed by atoms with Crippen molar-refractivity contribution >= 4 is 52.6 Å². The van der Waals surface area contributed by atoms with Crippen molar-refractivity contribution in [3.63, 3.8) is 0 Å². The molecule has 2 fully saturated rings. The van der Waals surface area contributed by atoms with Gasteiger partial charge in [-0.25, -0.2) is 9.78 Å². The Bertz CT molecular complexity index is 1230. The van der Waals surface area contributed by atoms with E-state index in [4.69, 9.17) is 16.6 Å². The third-order valence-corrected chi connectivity index (χ3v) is 5.54. The number of urea groups is 1. The molecule has 32 heavy (non-hydrogen) atoms. The number of benzene rings is 1. The van der Waals surface area contributed by atoms with E-state index in [-0.39, 0.29) is 5.70 Å². The molecule has 2 aromatic heterocycles. The predicted molar refractivity (Wildman–Crippen MR) is 122 cm³/mol. The number of rotatable bonds is 5. The number of nitrogens with one attached hydrogen (secondary N) is 5. The lowest BCUT2D eigenvalue weighted by atomic mass is 10.1. The highest BCUT2D eigenvalue weighted by Crippen LogP contribution is 2.25. The van der Waals surface area contributed by atoms with Crippen LogP contribution in [0, 0.1) is 0 Å². The summed E-state index contributed by atoms with van der Waals surface area (Å²) in [5, 5.41) is 20.0. The minimum Gasteiger partial charge on any atom is -0.367 e. The molecule has 164 valence electrons. The molecule has 2 aliphatic heterocycles. The van der Waals surface area contributed by atoms with Gasteiger partial charge in [-0.2, -0.15) is 9.61 Å². The zero-order chi connectivity index (χ0) is 22.1. The molecule has 2 aliphatic rings. The zero-order valence-electron chi connectivity index (χ0n) is 17.0. The van der Waals surface area contributed by atoms with Crippen molar-refractivity contribution in [2.24, 2.45) is 0 Å². The maximum atomic E-state index is 12.0. The van der Waals surface area contributed by atoms with Crippen LogP contribution in [-0.2, 0) is 4.79 Å². The highest BCUT2D eigenvalue weighted by Gasteiger charge is 2.24. The Morgan fingerprint density at radius 2 is 2.00 bits per heavy atom. The first-order valence-corrected chi connectivity index (χ1v) is 10.7. The summed E-state index contributed by atoms with van der Waals surface area (Å²) < 4.78 is 1.70. The molecule has 3 amide bonds. The van der Waals surface area contributed by atoms with E-state index in [1.54, 1.807) is 22.9 Å². The van der Waals surface area contributed by atoms with E-state index in [9.17, 15) is 9.59 Å². The number of halogens is 1. The van der Waals surface area contributed by atoms with E-state index in [0.29, 0.717) is 28.1 Å². The van der Waals surface area contributed by atoms with Crippen molar-refractivity contribution in [3.8, 4) is 0 Å². The minimum absolute atomic E-state index is 0.146. The van der Waals surface area contributed by atoms with Crippen molar-refractivity contribution in [3.05, 3.63) is 52.8 Å². The number of hydrogen-bond acceptors (Lipinski definition) is 7. The summed E-state index contributed by atoms with van der Waals surface area (Å²) in [4.78, 5) is 28.1. The van der Waals surface area contributed by atoms with Crippen molar-refractivity contribution in [1.82, 2.24) is 30.5 Å². The van der Waals surface area contributed by atoms with Gasteiger partial charge in [0.15, 0.2) is 5.65 Å². The Balaban J connectivity index is 1.55. The first-order valence-electron chi connectivity index (χ1n) is 10.3. The average molecular weight is 453 g/mol. The summed E-state index contributed by atoms with van der Waals surface area (Å²) in [6.07, 6.45) is 5.16. The average Bonchev–Trinajstić information content (AvgIpc) is 3.31. The fourth-order valence-corrected chi connectivity index (χ4v) is 3.97. The largest absolute Gasteiger partial charge is 0.367 e. The van der Waals surface area contributed by atoms with E-state index in [1.165, 1.54) is 0 Å². The maximum absolute atomic E-state index is 12.0. The topological polar surface area (TPSA) is 124 Å². The maximum Gasteiger partial charge on any atom is 0.326 e. The molecule has 0 bridgehead atoms. The summed E-state index contributed by atoms with van der Waals surface area (Å²) in [6, 6.07) is 9.00. The van der Waals surface area contributed by atoms with Crippen LogP contribution in [0.5, 0.6) is 0 Å². The number of imide groups is 1. The van der Waals surface area contributed by atoms with E-state index in [1.807, 2.05) is 24.3 Å². The Morgan fingerprint density at radius 3 is 2.75 bits per heavy atom. The number of hydrogen-bond donors (Lipinski definition) is 5. The van der Waals surface area contributed by atoms with E-state index in [2.05, 4.69) is 31.7 Å². The molecule has 1 aromatic carbocycles. The molecular formula is C21H21ClN8O2. The molecule has 3 aromatic rings. The lowest BCUT2D eigenvalue weighted by Crippen LogP contribution is -2.35. The number of anilines is 3. The lowest BCUT2D eigenvalue weighted by Gasteiger charge is -2.25. The third kappa shape index (κ3) is 4.23. The number of carbonyl (C=O) groups is 2. The summed E-state index contributed by atoms with van der Waals surface area (Å²) in [6.45, 7) is 1.90. The first kappa shape index (κ1) is 20.3. The number of aromatic nitrogens is 3. The summed E-state index contributed by atoms with van der Waals surface area (Å²) in [5.74, 6) is 0.878. The molecule has 0 unspecified atom stereocenters. The van der Waals surface area contributed by atoms with Crippen molar-refractivity contribution in [2.75, 3.05) is 23.7 Å². The van der Waals surface area contributed by atoms with Crippen LogP contribution in [0.15, 0.2) is 42.2 Å². The summed E-state index contributed by atoms with van der Waals surface area (Å²) >= 11 is 6.12. The van der Waals surface area contributed by atoms with Crippen molar-refractivity contribution in [2.45, 2.75) is 18.9 Å². The second kappa shape index (κ2) is 8.48. The highest BCUT2D eigenvalue weighted by molar-refractivity contribution is 6.30. The van der Waals surface area contributed by atoms with Crippen LogP contribution in [0.1, 0.15) is 18.4 Å². The normalized spacial score (nSPS) is 18.1. The van der Waals surface area contributed by atoms with Crippen LogP contribution in [0.2, 0.25) is 5.02 Å². The molecule has 0 spiro atoms. The lowest BCUT2D eigenvalue weighted by molar-refractivity contribution is -0.115. The second-order valence-electron chi connectivity index (χ2n) is 7.63. The van der Waals surface area contributed by atoms with Crippen LogP contribution < -0.4 is 26.6 Å². The van der Waals surface area contributed by atoms with Gasteiger partial charge in [0.2, 0.25) is 0 Å². The molecule has 0 aliphatic carbocycles. The van der Waals surface area contributed by atoms with Gasteiger partial charge in [-0.15, -0.1) is 0 Å². The number of piperidine rings is 1. The zero-order valence-corrected chi connectivity index (χ0v) is 17.7. The van der Waals surface area contributed by atoms with Crippen LogP contribution >= 0.6 is 11.6 Å². The molecule has 10 nitrogen and oxygen atoms in total. The quantitative estimate of drug-likeness (QED) is 0.297. The molecule has 0 radical (unpaired) electrons. The van der Waals surface area contributed by atoms with Crippen molar-refractivity contribution < 1.29 is 9.59 Å². The van der Waals surface area contributed by atoms with Gasteiger partial charge in [0, 0.05) is 28.4 Å². The SMILES string of the molecule is O=C1NC(=O)/C(=C\c2cnn3c(NC4CCNCC4)cc(Nc4cccc(Cl)c4)nc23)N1. The van der Waals surface area contributed by atoms with E-state index in [0.717, 1.165) is 37.4 Å². The Hall–Kier alpha value is -3.63. The Morgan fingerprint density at radius 1 is 1.16 bits per heavy atom. The molecule has 5 N–H and O–H groups in total. The number of fused-ring (bicyclic) bond motifs is 1. The molecule has 11 heteroatoms. The predicted octanol–water partition coefficient (Wildman–Crippen LogP) is 2.47. The first-order chi connectivity index (χ1) is 15.5. The fraction of sp³-hybridized carbons (Fsp3) is 0.238. The Kier molecular flexibility index (Phi) is 5.38. The smallest absolute Gasteiger partial charge is 0.326 e. The number of amides is 3. The van der Waals surface area contributed by atoms with Gasteiger partial charge in [-0.1, -0.05) is 17.7 Å². The molecular weight excluding hydrogens is 432 g/mol. The fourth-order valence-electron chi connectivity index (χ4n) is 3.78. The van der Waals surface area contributed by atoms with Gasteiger partial charge in [-0.05, 0) is 50.2 Å². The van der Waals surface area contributed by atoms with Gasteiger partial charge in [0.1, 0.15) is 17.3 Å². The van der Waals surface area contributed by atoms with Gasteiger partial charge in [0.05, 0.1) is 6.20 Å². The van der Waals surface area contributed by atoms with Crippen molar-refractivity contribution in [1.29, 1.82) is 0 Å². The van der Waals surface area contributed by atoms with Crippen LogP contribution in [0.25, 0.3) is 11.7 Å². The van der Waals surface area contributed by atoms with Crippen LogP contribution in [-0.4, -0.2) is 45.7 Å². The highest BCUT2D eigenvalue weighted by atomic mass is 35.5. The van der Waals surface area contributed by atoms with Gasteiger partial charge >= 0.3 is 6.03 Å². The minimum atomic E-state index is -0.553. The molecule has 5 rings (SSSR count). The summed E-state index contributed by atoms with van der Waals surface area (Å²) in [7, 11) is 0. The molecule has 0 saturated carbocycles. The number of carbonyl (C=O) groups excluding carboxylic acids is 2. The van der Waals surface area contributed by atoms with Gasteiger partial charge < -0.3 is 21.3 Å². The van der Waals surface area contributed by atoms with E-state index >= 15 is 0 Å². The second-order valence-corrected chi connectivity index (χ2v) is 8.07. The molecule has 0 atom stereocenters. The van der Waals surface area contributed by atoms with Crippen LogP contribution in [0.4, 0.5) is 22.1 Å². The van der Waals surface area contributed by atoms with Gasteiger partial charge in [-0.3, -0.25) is 10.1 Å². The number of nitrogens with zero attached hydrogens (tertiary/aromatic N) is 3. The standard InChI is InChI=1S/C21H21ClN8O2/c22-13-2-1-3-15(9-13)25-17-10-18(26-14-4-6-23-7-5-14)30-19(28-17)12(11-24-30)8-16-20(31)29-21(32)27-16/h1-3,8-11,14,23,26H,4-7H2,(H,25,28)(H2,27,29,31,32)/b16-8+. The van der Waals surface area contributed by atoms with Crippen LogP contribution in [0.3, 0.4) is 0 Å². The molecule has 2 saturated heterocycles. The van der Waals surface area contributed by atoms with Gasteiger partial charge in [0.25, 0.3) is 5.91 Å². The Labute approximate surface area is 188 Å². The monoisotopic (exact) mass is 452 g/mol.